The van der Waals surface area contributed by atoms with Crippen molar-refractivity contribution in [1.29, 1.82) is 0 Å². The second-order valence-corrected chi connectivity index (χ2v) is 6.96. The minimum Gasteiger partial charge on any atom is -0.478 e. The fourth-order valence-corrected chi connectivity index (χ4v) is 3.33. The normalized spacial score (nSPS) is 10.6. The quantitative estimate of drug-likeness (QED) is 0.571. The number of nitrogens with one attached hydrogen (secondary N) is 1. The van der Waals surface area contributed by atoms with Crippen molar-refractivity contribution in [2.45, 2.75) is 20.3 Å². The molecule has 0 saturated heterocycles. The molecule has 2 N–H and O–H groups in total. The Labute approximate surface area is 177 Å². The first-order valence-electron chi connectivity index (χ1n) is 9.19. The number of carboxylic acids is 1. The van der Waals surface area contributed by atoms with E-state index in [0.717, 1.165) is 5.69 Å². The van der Waals surface area contributed by atoms with E-state index in [2.05, 4.69) is 10.3 Å². The van der Waals surface area contributed by atoms with Crippen molar-refractivity contribution in [1.82, 2.24) is 4.98 Å². The molecular formula is C22H19ClN2O5. The molecule has 0 fully saturated rings. The van der Waals surface area contributed by atoms with Crippen LogP contribution in [0.5, 0.6) is 0 Å². The van der Waals surface area contributed by atoms with Gasteiger partial charge in [-0.1, -0.05) is 36.7 Å². The van der Waals surface area contributed by atoms with Gasteiger partial charge in [0.2, 0.25) is 0 Å². The Balaban J connectivity index is 1.76. The number of amides is 1. The highest BCUT2D eigenvalue weighted by Gasteiger charge is 2.20. The van der Waals surface area contributed by atoms with Gasteiger partial charge < -0.3 is 15.2 Å². The first kappa shape index (κ1) is 21.3. The van der Waals surface area contributed by atoms with Crippen LogP contribution >= 0.6 is 11.6 Å². The van der Waals surface area contributed by atoms with Crippen molar-refractivity contribution in [3.8, 4) is 0 Å². The summed E-state index contributed by atoms with van der Waals surface area (Å²) in [7, 11) is 0. The van der Waals surface area contributed by atoms with Gasteiger partial charge >= 0.3 is 11.9 Å². The summed E-state index contributed by atoms with van der Waals surface area (Å²) in [6.07, 6.45) is 0.653. The van der Waals surface area contributed by atoms with Gasteiger partial charge in [-0.15, -0.1) is 0 Å². The summed E-state index contributed by atoms with van der Waals surface area (Å²) in [6, 6.07) is 11.3. The van der Waals surface area contributed by atoms with Crippen molar-refractivity contribution in [2.24, 2.45) is 0 Å². The molecule has 0 spiro atoms. The largest absolute Gasteiger partial charge is 0.478 e. The molecule has 2 aromatic carbocycles. The van der Waals surface area contributed by atoms with Crippen molar-refractivity contribution in [3.05, 3.63) is 69.9 Å². The molecule has 0 unspecified atom stereocenters. The lowest BCUT2D eigenvalue weighted by Crippen LogP contribution is -2.22. The first-order valence-corrected chi connectivity index (χ1v) is 9.57. The maximum absolute atomic E-state index is 12.8. The molecule has 0 radical (unpaired) electrons. The number of aromatic nitrogens is 1. The molecule has 7 nitrogen and oxygen atoms in total. The van der Waals surface area contributed by atoms with Gasteiger partial charge in [-0.2, -0.15) is 0 Å². The lowest BCUT2D eigenvalue weighted by molar-refractivity contribution is -0.119. The Morgan fingerprint density at radius 2 is 1.90 bits per heavy atom. The van der Waals surface area contributed by atoms with Crippen molar-refractivity contribution in [2.75, 3.05) is 11.9 Å². The molecule has 1 heterocycles. The van der Waals surface area contributed by atoms with E-state index in [9.17, 15) is 14.4 Å². The van der Waals surface area contributed by atoms with Crippen LogP contribution in [0, 0.1) is 6.92 Å². The predicted molar refractivity (Wildman–Crippen MR) is 113 cm³/mol. The molecule has 0 saturated carbocycles. The summed E-state index contributed by atoms with van der Waals surface area (Å²) in [5.41, 5.74) is 2.65. The van der Waals surface area contributed by atoms with Crippen LogP contribution in [0.1, 0.15) is 38.9 Å². The van der Waals surface area contributed by atoms with Crippen LogP contribution in [0.25, 0.3) is 10.9 Å². The number of aryl methyl sites for hydroxylation is 1. The van der Waals surface area contributed by atoms with E-state index in [1.807, 2.05) is 19.1 Å². The van der Waals surface area contributed by atoms with E-state index in [1.54, 1.807) is 19.1 Å². The standard InChI is InChI=1S/C22H19ClN2O5/c1-3-17-12(2)20(14-6-4-5-7-18(14)25-17)22(29)30-11-19(26)24-13-8-9-16(23)15(10-13)21(27)28/h4-10H,3,11H2,1-2H3,(H,24,26)(H,27,28). The number of esters is 1. The average Bonchev–Trinajstić information content (AvgIpc) is 2.72. The van der Waals surface area contributed by atoms with E-state index >= 15 is 0 Å². The molecule has 30 heavy (non-hydrogen) atoms. The number of anilines is 1. The van der Waals surface area contributed by atoms with Gasteiger partial charge in [-0.05, 0) is 43.2 Å². The summed E-state index contributed by atoms with van der Waals surface area (Å²) in [4.78, 5) is 40.7. The monoisotopic (exact) mass is 426 g/mol. The number of carboxylic acid groups (broad SMARTS) is 1. The second kappa shape index (κ2) is 8.92. The lowest BCUT2D eigenvalue weighted by atomic mass is 10.0. The number of pyridine rings is 1. The topological polar surface area (TPSA) is 106 Å². The number of aromatic carboxylic acids is 1. The van der Waals surface area contributed by atoms with Gasteiger partial charge in [0.1, 0.15) is 0 Å². The summed E-state index contributed by atoms with van der Waals surface area (Å²) in [6.45, 7) is 3.22. The molecule has 8 heteroatoms. The Morgan fingerprint density at radius 3 is 2.60 bits per heavy atom. The lowest BCUT2D eigenvalue weighted by Gasteiger charge is -2.13. The highest BCUT2D eigenvalue weighted by Crippen LogP contribution is 2.24. The summed E-state index contributed by atoms with van der Waals surface area (Å²) in [5.74, 6) is -2.44. The molecule has 1 aromatic heterocycles. The first-order chi connectivity index (χ1) is 14.3. The van der Waals surface area contributed by atoms with Crippen LogP contribution in [0.3, 0.4) is 0 Å². The Kier molecular flexibility index (Phi) is 6.32. The van der Waals surface area contributed by atoms with Gasteiger partial charge in [0.05, 0.1) is 21.7 Å². The maximum Gasteiger partial charge on any atom is 0.339 e. The molecule has 0 bridgehead atoms. The molecule has 154 valence electrons. The van der Waals surface area contributed by atoms with Crippen LogP contribution in [-0.4, -0.2) is 34.5 Å². The molecule has 0 aliphatic rings. The number of para-hydroxylation sites is 1. The third kappa shape index (κ3) is 4.41. The predicted octanol–water partition coefficient (Wildman–Crippen LogP) is 4.25. The average molecular weight is 427 g/mol. The number of ether oxygens (including phenoxy) is 1. The van der Waals surface area contributed by atoms with Crippen LogP contribution in [0.4, 0.5) is 5.69 Å². The van der Waals surface area contributed by atoms with Crippen LogP contribution in [0.15, 0.2) is 42.5 Å². The third-order valence-electron chi connectivity index (χ3n) is 4.59. The Bertz CT molecular complexity index is 1160. The number of fused-ring (bicyclic) bond motifs is 1. The van der Waals surface area contributed by atoms with Crippen LogP contribution in [0.2, 0.25) is 5.02 Å². The zero-order chi connectivity index (χ0) is 21.8. The summed E-state index contributed by atoms with van der Waals surface area (Å²) < 4.78 is 5.23. The molecule has 1 amide bonds. The molecule has 0 aliphatic carbocycles. The number of nitrogens with zero attached hydrogens (tertiary/aromatic N) is 1. The second-order valence-electron chi connectivity index (χ2n) is 6.55. The fourth-order valence-electron chi connectivity index (χ4n) is 3.13. The molecule has 0 aliphatic heterocycles. The van der Waals surface area contributed by atoms with E-state index in [0.29, 0.717) is 28.5 Å². The minimum absolute atomic E-state index is 0.0543. The van der Waals surface area contributed by atoms with Crippen molar-refractivity contribution < 1.29 is 24.2 Å². The SMILES string of the molecule is CCc1nc2ccccc2c(C(=O)OCC(=O)Nc2ccc(Cl)c(C(=O)O)c2)c1C. The number of hydrogen-bond acceptors (Lipinski definition) is 5. The van der Waals surface area contributed by atoms with Gasteiger partial charge in [0, 0.05) is 16.8 Å². The van der Waals surface area contributed by atoms with Crippen molar-refractivity contribution >= 4 is 46.0 Å². The summed E-state index contributed by atoms with van der Waals surface area (Å²) in [5, 5.41) is 12.3. The number of halogens is 1. The number of carbonyl (C=O) groups is 3. The fraction of sp³-hybridized carbons (Fsp3) is 0.182. The number of hydrogen-bond donors (Lipinski definition) is 2. The highest BCUT2D eigenvalue weighted by atomic mass is 35.5. The molecule has 0 atom stereocenters. The molecular weight excluding hydrogens is 408 g/mol. The summed E-state index contributed by atoms with van der Waals surface area (Å²) >= 11 is 5.82. The van der Waals surface area contributed by atoms with E-state index in [1.165, 1.54) is 18.2 Å². The van der Waals surface area contributed by atoms with Gasteiger partial charge in [0.25, 0.3) is 5.91 Å². The number of rotatable bonds is 6. The van der Waals surface area contributed by atoms with Crippen molar-refractivity contribution in [3.63, 3.8) is 0 Å². The number of carbonyl (C=O) groups excluding carboxylic acids is 2. The highest BCUT2D eigenvalue weighted by molar-refractivity contribution is 6.33. The zero-order valence-corrected chi connectivity index (χ0v) is 17.1. The van der Waals surface area contributed by atoms with E-state index in [-0.39, 0.29) is 16.3 Å². The number of benzene rings is 2. The van der Waals surface area contributed by atoms with Gasteiger partial charge in [-0.3, -0.25) is 9.78 Å². The van der Waals surface area contributed by atoms with Crippen LogP contribution in [-0.2, 0) is 16.0 Å². The molecule has 3 rings (SSSR count). The van der Waals surface area contributed by atoms with E-state index in [4.69, 9.17) is 21.4 Å². The van der Waals surface area contributed by atoms with E-state index < -0.39 is 24.5 Å². The third-order valence-corrected chi connectivity index (χ3v) is 4.92. The maximum atomic E-state index is 12.8. The van der Waals surface area contributed by atoms with Gasteiger partial charge in [0.15, 0.2) is 6.61 Å². The zero-order valence-electron chi connectivity index (χ0n) is 16.4. The smallest absolute Gasteiger partial charge is 0.339 e. The molecule has 3 aromatic rings. The Hall–Kier alpha value is -3.45. The van der Waals surface area contributed by atoms with Crippen LogP contribution < -0.4 is 5.32 Å². The Morgan fingerprint density at radius 1 is 1.17 bits per heavy atom. The minimum atomic E-state index is -1.21. The van der Waals surface area contributed by atoms with Gasteiger partial charge in [-0.25, -0.2) is 9.59 Å².